The maximum Gasteiger partial charge on any atom is 0.270 e. The van der Waals surface area contributed by atoms with E-state index < -0.39 is 0 Å². The number of fused-ring (bicyclic) bond motifs is 2. The molecule has 23 heavy (non-hydrogen) atoms. The van der Waals surface area contributed by atoms with E-state index in [4.69, 9.17) is 0 Å². The molecular weight excluding hydrogens is 310 g/mol. The highest BCUT2D eigenvalue weighted by atomic mass is 32.1. The fourth-order valence-electron chi connectivity index (χ4n) is 3.86. The molecule has 0 aromatic carbocycles. The molecule has 3 unspecified atom stereocenters. The Labute approximate surface area is 138 Å². The number of aryl methyl sites for hydroxylation is 1. The molecule has 5 nitrogen and oxygen atoms in total. The molecular formula is C17H19N3O2S. The summed E-state index contributed by atoms with van der Waals surface area (Å²) in [6, 6.07) is 7.93. The second kappa shape index (κ2) is 5.53. The van der Waals surface area contributed by atoms with E-state index in [9.17, 15) is 9.59 Å². The third kappa shape index (κ3) is 2.47. The van der Waals surface area contributed by atoms with E-state index in [1.165, 1.54) is 11.3 Å². The van der Waals surface area contributed by atoms with Crippen LogP contribution in [0.5, 0.6) is 0 Å². The van der Waals surface area contributed by atoms with Gasteiger partial charge in [0.05, 0.1) is 4.88 Å². The maximum atomic E-state index is 12.7. The molecule has 2 aromatic heterocycles. The zero-order valence-electron chi connectivity index (χ0n) is 12.9. The van der Waals surface area contributed by atoms with Crippen LogP contribution in [0.4, 0.5) is 0 Å². The molecule has 2 aliphatic rings. The fraction of sp³-hybridized carbons (Fsp3) is 0.412. The van der Waals surface area contributed by atoms with Gasteiger partial charge in [0.1, 0.15) is 5.69 Å². The molecule has 1 N–H and O–H groups in total. The summed E-state index contributed by atoms with van der Waals surface area (Å²) in [5.41, 5.74) is 0.733. The number of likely N-dealkylation sites (tertiary alicyclic amines) is 1. The fourth-order valence-corrected chi connectivity index (χ4v) is 4.48. The van der Waals surface area contributed by atoms with Crippen LogP contribution in [0.2, 0.25) is 0 Å². The highest BCUT2D eigenvalue weighted by molar-refractivity contribution is 7.12. The molecule has 2 fully saturated rings. The van der Waals surface area contributed by atoms with Crippen molar-refractivity contribution in [3.05, 3.63) is 46.4 Å². The minimum Gasteiger partial charge on any atom is -0.348 e. The van der Waals surface area contributed by atoms with Gasteiger partial charge in [0.25, 0.3) is 11.8 Å². The molecule has 6 heteroatoms. The van der Waals surface area contributed by atoms with Gasteiger partial charge in [0, 0.05) is 31.9 Å². The zero-order valence-corrected chi connectivity index (χ0v) is 13.8. The van der Waals surface area contributed by atoms with Crippen LogP contribution in [-0.4, -0.2) is 39.9 Å². The summed E-state index contributed by atoms with van der Waals surface area (Å²) in [6.07, 6.45) is 3.75. The maximum absolute atomic E-state index is 12.7. The SMILES string of the molecule is Cn1cccc1C(=O)N1CC2CC1CC2NC(=O)c1cccs1. The normalized spacial score (nSPS) is 25.8. The summed E-state index contributed by atoms with van der Waals surface area (Å²) in [6.45, 7) is 0.740. The van der Waals surface area contributed by atoms with Crippen molar-refractivity contribution in [3.8, 4) is 0 Å². The van der Waals surface area contributed by atoms with Crippen LogP contribution in [0.1, 0.15) is 33.0 Å². The van der Waals surface area contributed by atoms with Gasteiger partial charge in [-0.2, -0.15) is 0 Å². The van der Waals surface area contributed by atoms with Gasteiger partial charge in [-0.25, -0.2) is 0 Å². The molecule has 2 amide bonds. The Balaban J connectivity index is 1.41. The van der Waals surface area contributed by atoms with E-state index in [1.54, 1.807) is 0 Å². The molecule has 120 valence electrons. The van der Waals surface area contributed by atoms with Crippen LogP contribution in [0.15, 0.2) is 35.8 Å². The Morgan fingerprint density at radius 1 is 1.26 bits per heavy atom. The molecule has 2 aromatic rings. The number of carbonyl (C=O) groups excluding carboxylic acids is 2. The number of nitrogens with one attached hydrogen (secondary N) is 1. The summed E-state index contributed by atoms with van der Waals surface area (Å²) in [5, 5.41) is 5.06. The lowest BCUT2D eigenvalue weighted by Crippen LogP contribution is -2.47. The number of hydrogen-bond donors (Lipinski definition) is 1. The first-order chi connectivity index (χ1) is 11.1. The first kappa shape index (κ1) is 14.5. The molecule has 1 aliphatic carbocycles. The molecule has 3 atom stereocenters. The Morgan fingerprint density at radius 3 is 2.74 bits per heavy atom. The van der Waals surface area contributed by atoms with Crippen molar-refractivity contribution >= 4 is 23.2 Å². The first-order valence-corrected chi connectivity index (χ1v) is 8.78. The average molecular weight is 329 g/mol. The van der Waals surface area contributed by atoms with E-state index >= 15 is 0 Å². The number of carbonyl (C=O) groups is 2. The van der Waals surface area contributed by atoms with E-state index in [0.29, 0.717) is 5.92 Å². The standard InChI is InChI=1S/C17H19N3O2S/c1-19-6-2-4-14(19)17(22)20-10-11-8-12(20)9-13(11)18-16(21)15-5-3-7-23-15/h2-7,11-13H,8-10H2,1H3,(H,18,21). The van der Waals surface area contributed by atoms with Crippen molar-refractivity contribution in [2.45, 2.75) is 24.9 Å². The summed E-state index contributed by atoms with van der Waals surface area (Å²) < 4.78 is 1.87. The highest BCUT2D eigenvalue weighted by Crippen LogP contribution is 2.38. The molecule has 4 rings (SSSR count). The van der Waals surface area contributed by atoms with E-state index in [0.717, 1.165) is 30.0 Å². The smallest absolute Gasteiger partial charge is 0.270 e. The Hall–Kier alpha value is -2.08. The van der Waals surface area contributed by atoms with Crippen molar-refractivity contribution in [1.82, 2.24) is 14.8 Å². The molecule has 0 spiro atoms. The Kier molecular flexibility index (Phi) is 3.49. The summed E-state index contributed by atoms with van der Waals surface area (Å²) >= 11 is 1.46. The largest absolute Gasteiger partial charge is 0.348 e. The number of aromatic nitrogens is 1. The average Bonchev–Trinajstić information content (AvgIpc) is 3.30. The highest BCUT2D eigenvalue weighted by Gasteiger charge is 2.47. The van der Waals surface area contributed by atoms with Crippen molar-refractivity contribution in [3.63, 3.8) is 0 Å². The van der Waals surface area contributed by atoms with Gasteiger partial charge in [-0.15, -0.1) is 11.3 Å². The predicted molar refractivity (Wildman–Crippen MR) is 88.5 cm³/mol. The molecule has 1 saturated carbocycles. The quantitative estimate of drug-likeness (QED) is 0.938. The summed E-state index contributed by atoms with van der Waals surface area (Å²) in [5.74, 6) is 0.485. The Bertz CT molecular complexity index is 737. The van der Waals surface area contributed by atoms with E-state index in [2.05, 4.69) is 5.32 Å². The van der Waals surface area contributed by atoms with Crippen LogP contribution < -0.4 is 5.32 Å². The van der Waals surface area contributed by atoms with Crippen molar-refractivity contribution in [1.29, 1.82) is 0 Å². The lowest BCUT2D eigenvalue weighted by molar-refractivity contribution is 0.0670. The van der Waals surface area contributed by atoms with Crippen molar-refractivity contribution in [2.24, 2.45) is 13.0 Å². The van der Waals surface area contributed by atoms with Crippen LogP contribution in [0.3, 0.4) is 0 Å². The Morgan fingerprint density at radius 2 is 2.13 bits per heavy atom. The third-order valence-electron chi connectivity index (χ3n) is 5.03. The topological polar surface area (TPSA) is 54.3 Å². The van der Waals surface area contributed by atoms with Gasteiger partial charge in [-0.1, -0.05) is 6.07 Å². The van der Waals surface area contributed by atoms with Crippen LogP contribution in [0, 0.1) is 5.92 Å². The number of piperidine rings is 1. The number of thiophene rings is 1. The first-order valence-electron chi connectivity index (χ1n) is 7.90. The second-order valence-electron chi connectivity index (χ2n) is 6.40. The monoisotopic (exact) mass is 329 g/mol. The number of amides is 2. The minimum absolute atomic E-state index is 0.0119. The van der Waals surface area contributed by atoms with Crippen molar-refractivity contribution < 1.29 is 9.59 Å². The van der Waals surface area contributed by atoms with E-state index in [1.807, 2.05) is 52.4 Å². The molecule has 0 radical (unpaired) electrons. The van der Waals surface area contributed by atoms with Gasteiger partial charge in [0.15, 0.2) is 0 Å². The molecule has 1 aliphatic heterocycles. The lowest BCUT2D eigenvalue weighted by Gasteiger charge is -2.32. The summed E-state index contributed by atoms with van der Waals surface area (Å²) in [7, 11) is 1.89. The summed E-state index contributed by atoms with van der Waals surface area (Å²) in [4.78, 5) is 27.6. The van der Waals surface area contributed by atoms with Gasteiger partial charge >= 0.3 is 0 Å². The van der Waals surface area contributed by atoms with Crippen LogP contribution in [-0.2, 0) is 7.05 Å². The molecule has 2 bridgehead atoms. The van der Waals surface area contributed by atoms with Crippen LogP contribution >= 0.6 is 11.3 Å². The van der Waals surface area contributed by atoms with E-state index in [-0.39, 0.29) is 23.9 Å². The predicted octanol–water partition coefficient (Wildman–Crippen LogP) is 2.12. The van der Waals surface area contributed by atoms with Gasteiger partial charge in [-0.05, 0) is 42.3 Å². The third-order valence-corrected chi connectivity index (χ3v) is 5.90. The van der Waals surface area contributed by atoms with Gasteiger partial charge < -0.3 is 14.8 Å². The zero-order chi connectivity index (χ0) is 16.0. The van der Waals surface area contributed by atoms with Gasteiger partial charge in [-0.3, -0.25) is 9.59 Å². The lowest BCUT2D eigenvalue weighted by atomic mass is 10.0. The molecule has 3 heterocycles. The van der Waals surface area contributed by atoms with Crippen molar-refractivity contribution in [2.75, 3.05) is 6.54 Å². The number of nitrogens with zero attached hydrogens (tertiary/aromatic N) is 2. The molecule has 1 saturated heterocycles. The minimum atomic E-state index is 0.0119. The number of hydrogen-bond acceptors (Lipinski definition) is 3. The second-order valence-corrected chi connectivity index (χ2v) is 7.35. The van der Waals surface area contributed by atoms with Gasteiger partial charge in [0.2, 0.25) is 0 Å². The van der Waals surface area contributed by atoms with Crippen LogP contribution in [0.25, 0.3) is 0 Å². The number of rotatable bonds is 3.